The molecule has 0 aromatic carbocycles. The fourth-order valence-electron chi connectivity index (χ4n) is 3.03. The van der Waals surface area contributed by atoms with Crippen LogP contribution in [0.4, 0.5) is 0 Å². The fourth-order valence-corrected chi connectivity index (χ4v) is 3.03. The summed E-state index contributed by atoms with van der Waals surface area (Å²) in [7, 11) is 0. The van der Waals surface area contributed by atoms with Gasteiger partial charge in [0.25, 0.3) is 0 Å². The zero-order valence-electron chi connectivity index (χ0n) is 15.7. The molecule has 0 aliphatic carbocycles. The molecule has 3 unspecified atom stereocenters. The molecule has 0 heteroatoms. The summed E-state index contributed by atoms with van der Waals surface area (Å²) < 4.78 is 0. The Labute approximate surface area is 135 Å². The lowest BCUT2D eigenvalue weighted by atomic mass is 9.84. The second-order valence-corrected chi connectivity index (χ2v) is 7.40. The largest absolute Gasteiger partial charge is 0.0996 e. The summed E-state index contributed by atoms with van der Waals surface area (Å²) in [6.45, 7) is 16.2. The molecule has 0 aliphatic heterocycles. The number of hydrogen-bond donors (Lipinski definition) is 0. The molecule has 21 heavy (non-hydrogen) atoms. The standard InChI is InChI=1S/C21H42/c1-7-9-11-13-15-19(4)21(6)17-16-20(5)18(3)14-12-10-8-2/h18-19,21H,5,7-17H2,1-4,6H3. The third-order valence-electron chi connectivity index (χ3n) is 5.34. The van der Waals surface area contributed by atoms with Crippen LogP contribution in [0.1, 0.15) is 105 Å². The Morgan fingerprint density at radius 1 is 0.714 bits per heavy atom. The van der Waals surface area contributed by atoms with Crippen molar-refractivity contribution in [2.75, 3.05) is 0 Å². The first-order valence-electron chi connectivity index (χ1n) is 9.70. The van der Waals surface area contributed by atoms with E-state index in [1.807, 2.05) is 0 Å². The molecule has 0 saturated heterocycles. The predicted molar refractivity (Wildman–Crippen MR) is 98.8 cm³/mol. The second-order valence-electron chi connectivity index (χ2n) is 7.40. The Hall–Kier alpha value is -0.260. The van der Waals surface area contributed by atoms with E-state index < -0.39 is 0 Å². The summed E-state index contributed by atoms with van der Waals surface area (Å²) in [4.78, 5) is 0. The van der Waals surface area contributed by atoms with Crippen LogP contribution in [0.3, 0.4) is 0 Å². The average molecular weight is 295 g/mol. The second kappa shape index (κ2) is 13.4. The first-order chi connectivity index (χ1) is 10.0. The van der Waals surface area contributed by atoms with Crippen LogP contribution in [0.15, 0.2) is 12.2 Å². The predicted octanol–water partition coefficient (Wildman–Crippen LogP) is 7.78. The number of hydrogen-bond acceptors (Lipinski definition) is 0. The van der Waals surface area contributed by atoms with Crippen LogP contribution in [0.25, 0.3) is 0 Å². The van der Waals surface area contributed by atoms with Crippen LogP contribution in [-0.4, -0.2) is 0 Å². The van der Waals surface area contributed by atoms with Gasteiger partial charge in [0, 0.05) is 0 Å². The maximum absolute atomic E-state index is 4.35. The van der Waals surface area contributed by atoms with E-state index in [-0.39, 0.29) is 0 Å². The highest BCUT2D eigenvalue weighted by Gasteiger charge is 2.14. The van der Waals surface area contributed by atoms with Gasteiger partial charge in [-0.25, -0.2) is 0 Å². The van der Waals surface area contributed by atoms with Crippen molar-refractivity contribution in [3.05, 3.63) is 12.2 Å². The maximum atomic E-state index is 4.35. The molecule has 0 rings (SSSR count). The molecule has 0 aromatic heterocycles. The topological polar surface area (TPSA) is 0 Å². The SMILES string of the molecule is C=C(CCC(C)C(C)CCCCCC)C(C)CCCCC. The van der Waals surface area contributed by atoms with Gasteiger partial charge in [0.2, 0.25) is 0 Å². The van der Waals surface area contributed by atoms with E-state index in [1.165, 1.54) is 76.2 Å². The van der Waals surface area contributed by atoms with Crippen molar-refractivity contribution >= 4 is 0 Å². The highest BCUT2D eigenvalue weighted by molar-refractivity contribution is 4.99. The summed E-state index contributed by atoms with van der Waals surface area (Å²) in [5.74, 6) is 2.46. The Kier molecular flexibility index (Phi) is 13.2. The lowest BCUT2D eigenvalue weighted by molar-refractivity contribution is 0.329. The van der Waals surface area contributed by atoms with E-state index in [1.54, 1.807) is 0 Å². The molecule has 0 fully saturated rings. The van der Waals surface area contributed by atoms with Gasteiger partial charge in [-0.1, -0.05) is 98.1 Å². The Balaban J connectivity index is 3.78. The van der Waals surface area contributed by atoms with Crippen LogP contribution in [0, 0.1) is 17.8 Å². The minimum absolute atomic E-state index is 0.726. The van der Waals surface area contributed by atoms with E-state index in [0.29, 0.717) is 0 Å². The van der Waals surface area contributed by atoms with Crippen molar-refractivity contribution in [3.63, 3.8) is 0 Å². The number of rotatable bonds is 14. The molecule has 3 atom stereocenters. The molecule has 0 amide bonds. The lowest BCUT2D eigenvalue weighted by Gasteiger charge is -2.22. The van der Waals surface area contributed by atoms with Gasteiger partial charge in [0.1, 0.15) is 0 Å². The van der Waals surface area contributed by atoms with Crippen molar-refractivity contribution in [1.82, 2.24) is 0 Å². The number of unbranched alkanes of at least 4 members (excludes halogenated alkanes) is 5. The monoisotopic (exact) mass is 294 g/mol. The van der Waals surface area contributed by atoms with Crippen LogP contribution >= 0.6 is 0 Å². The maximum Gasteiger partial charge on any atom is -0.0234 e. The van der Waals surface area contributed by atoms with Crippen molar-refractivity contribution in [1.29, 1.82) is 0 Å². The molecule has 0 saturated carbocycles. The molecule has 0 N–H and O–H groups in total. The summed E-state index contributed by atoms with van der Waals surface area (Å²) in [6, 6.07) is 0. The third-order valence-corrected chi connectivity index (χ3v) is 5.34. The van der Waals surface area contributed by atoms with Gasteiger partial charge in [-0.3, -0.25) is 0 Å². The first kappa shape index (κ1) is 20.7. The Morgan fingerprint density at radius 3 is 1.86 bits per heavy atom. The van der Waals surface area contributed by atoms with Crippen LogP contribution in [0.5, 0.6) is 0 Å². The minimum atomic E-state index is 0.726. The number of allylic oxidation sites excluding steroid dienone is 1. The normalized spacial score (nSPS) is 15.7. The minimum Gasteiger partial charge on any atom is -0.0996 e. The van der Waals surface area contributed by atoms with Gasteiger partial charge in [-0.2, -0.15) is 0 Å². The lowest BCUT2D eigenvalue weighted by Crippen LogP contribution is -2.09. The summed E-state index contributed by atoms with van der Waals surface area (Å²) in [6.07, 6.45) is 15.0. The Morgan fingerprint density at radius 2 is 1.24 bits per heavy atom. The average Bonchev–Trinajstić information content (AvgIpc) is 2.48. The van der Waals surface area contributed by atoms with E-state index in [2.05, 4.69) is 41.2 Å². The highest BCUT2D eigenvalue weighted by Crippen LogP contribution is 2.27. The molecule has 0 aromatic rings. The molecular formula is C21H42. The van der Waals surface area contributed by atoms with Crippen LogP contribution < -0.4 is 0 Å². The summed E-state index contributed by atoms with van der Waals surface area (Å²) in [5.41, 5.74) is 1.50. The van der Waals surface area contributed by atoms with Gasteiger partial charge in [0.05, 0.1) is 0 Å². The molecule has 0 bridgehead atoms. The van der Waals surface area contributed by atoms with Gasteiger partial charge >= 0.3 is 0 Å². The van der Waals surface area contributed by atoms with E-state index in [4.69, 9.17) is 0 Å². The van der Waals surface area contributed by atoms with E-state index in [0.717, 1.165) is 17.8 Å². The molecule has 0 radical (unpaired) electrons. The molecule has 0 spiro atoms. The quantitative estimate of drug-likeness (QED) is 0.226. The summed E-state index contributed by atoms with van der Waals surface area (Å²) >= 11 is 0. The Bertz CT molecular complexity index is 240. The van der Waals surface area contributed by atoms with E-state index >= 15 is 0 Å². The third kappa shape index (κ3) is 11.0. The fraction of sp³-hybridized carbons (Fsp3) is 0.905. The smallest absolute Gasteiger partial charge is 0.0234 e. The van der Waals surface area contributed by atoms with Gasteiger partial charge < -0.3 is 0 Å². The first-order valence-corrected chi connectivity index (χ1v) is 9.70. The van der Waals surface area contributed by atoms with Crippen molar-refractivity contribution in [2.45, 2.75) is 105 Å². The van der Waals surface area contributed by atoms with Gasteiger partial charge in [0.15, 0.2) is 0 Å². The molecule has 0 aliphatic rings. The molecular weight excluding hydrogens is 252 g/mol. The van der Waals surface area contributed by atoms with E-state index in [9.17, 15) is 0 Å². The van der Waals surface area contributed by atoms with Crippen LogP contribution in [-0.2, 0) is 0 Å². The van der Waals surface area contributed by atoms with Gasteiger partial charge in [-0.15, -0.1) is 0 Å². The van der Waals surface area contributed by atoms with Gasteiger partial charge in [-0.05, 0) is 37.0 Å². The van der Waals surface area contributed by atoms with Crippen molar-refractivity contribution in [2.24, 2.45) is 17.8 Å². The van der Waals surface area contributed by atoms with Crippen molar-refractivity contribution < 1.29 is 0 Å². The highest BCUT2D eigenvalue weighted by atomic mass is 14.2. The van der Waals surface area contributed by atoms with Crippen LogP contribution in [0.2, 0.25) is 0 Å². The molecule has 0 heterocycles. The zero-order valence-corrected chi connectivity index (χ0v) is 15.7. The summed E-state index contributed by atoms with van der Waals surface area (Å²) in [5, 5.41) is 0. The van der Waals surface area contributed by atoms with Crippen molar-refractivity contribution in [3.8, 4) is 0 Å². The molecule has 126 valence electrons. The zero-order chi connectivity index (χ0) is 16.1. The molecule has 0 nitrogen and oxygen atoms in total.